The zero-order chi connectivity index (χ0) is 39.1. The average molecular weight is 755 g/mol. The van der Waals surface area contributed by atoms with E-state index in [0.717, 1.165) is 31.5 Å². The van der Waals surface area contributed by atoms with Gasteiger partial charge in [-0.1, -0.05) is 61.5 Å². The van der Waals surface area contributed by atoms with E-state index in [-0.39, 0.29) is 30.1 Å². The van der Waals surface area contributed by atoms with Crippen molar-refractivity contribution in [3.8, 4) is 17.2 Å². The monoisotopic (exact) mass is 754 g/mol. The number of rotatable bonds is 10. The molecule has 5 aromatic rings. The third-order valence-electron chi connectivity index (χ3n) is 10.9. The average Bonchev–Trinajstić information content (AvgIpc) is 3.73. The predicted molar refractivity (Wildman–Crippen MR) is 207 cm³/mol. The number of ether oxygens (including phenoxy) is 1. The second-order valence-corrected chi connectivity index (χ2v) is 15.1. The SMILES string of the molecule is COc1cc(C(=O)NC2CCN(C)CC2)ccc1Nc1ncc2c(n1)-c1onc(C(=O)NC(CN3C(=O)c4ccccc4C3=O)c3ccccc3)c1CC2(C)C. The zero-order valence-electron chi connectivity index (χ0n) is 31.6. The zero-order valence-corrected chi connectivity index (χ0v) is 31.6. The molecule has 0 radical (unpaired) electrons. The number of benzene rings is 3. The van der Waals surface area contributed by atoms with Crippen LogP contribution in [0.25, 0.3) is 11.5 Å². The number of methoxy groups -OCH3 is 1. The number of hydrogen-bond donors (Lipinski definition) is 3. The number of nitrogens with one attached hydrogen (secondary N) is 3. The molecule has 1 atom stereocenters. The lowest BCUT2D eigenvalue weighted by Crippen LogP contribution is -2.43. The molecule has 1 fully saturated rings. The van der Waals surface area contributed by atoms with Gasteiger partial charge in [0.15, 0.2) is 11.5 Å². The van der Waals surface area contributed by atoms with Crippen LogP contribution in [0.5, 0.6) is 5.75 Å². The first-order valence-electron chi connectivity index (χ1n) is 18.6. The molecule has 3 aliphatic rings. The van der Waals surface area contributed by atoms with Gasteiger partial charge in [0.05, 0.1) is 36.5 Å². The highest BCUT2D eigenvalue weighted by Gasteiger charge is 2.41. The normalized spacial score (nSPS) is 16.8. The summed E-state index contributed by atoms with van der Waals surface area (Å²) in [4.78, 5) is 66.6. The molecule has 4 heterocycles. The summed E-state index contributed by atoms with van der Waals surface area (Å²) in [7, 11) is 3.61. The summed E-state index contributed by atoms with van der Waals surface area (Å²) in [5.41, 5.74) is 3.89. The summed E-state index contributed by atoms with van der Waals surface area (Å²) in [5, 5.41) is 13.6. The fraction of sp³-hybridized carbons (Fsp3) is 0.310. The maximum atomic E-state index is 14.1. The lowest BCUT2D eigenvalue weighted by Gasteiger charge is -2.30. The van der Waals surface area contributed by atoms with E-state index in [1.165, 1.54) is 12.0 Å². The molecule has 14 nitrogen and oxygen atoms in total. The molecule has 56 heavy (non-hydrogen) atoms. The molecule has 0 saturated carbocycles. The molecule has 2 aromatic heterocycles. The number of nitrogens with zero attached hydrogens (tertiary/aromatic N) is 5. The predicted octanol–water partition coefficient (Wildman–Crippen LogP) is 5.31. The molecule has 1 unspecified atom stereocenters. The van der Waals surface area contributed by atoms with Gasteiger partial charge in [-0.2, -0.15) is 0 Å². The van der Waals surface area contributed by atoms with Gasteiger partial charge >= 0.3 is 0 Å². The minimum absolute atomic E-state index is 0.0772. The smallest absolute Gasteiger partial charge is 0.274 e. The van der Waals surface area contributed by atoms with E-state index in [1.54, 1.807) is 48.7 Å². The maximum absolute atomic E-state index is 14.1. The van der Waals surface area contributed by atoms with Gasteiger partial charge in [0.1, 0.15) is 11.4 Å². The molecule has 3 N–H and O–H groups in total. The summed E-state index contributed by atoms with van der Waals surface area (Å²) >= 11 is 0. The Bertz CT molecular complexity index is 2320. The Morgan fingerprint density at radius 3 is 2.36 bits per heavy atom. The van der Waals surface area contributed by atoms with Crippen molar-refractivity contribution in [1.29, 1.82) is 0 Å². The molecular formula is C42H42N8O6. The first-order valence-corrected chi connectivity index (χ1v) is 18.6. The van der Waals surface area contributed by atoms with Crippen molar-refractivity contribution < 1.29 is 28.4 Å². The van der Waals surface area contributed by atoms with Crippen molar-refractivity contribution in [1.82, 2.24) is 35.6 Å². The summed E-state index contributed by atoms with van der Waals surface area (Å²) in [6.45, 7) is 5.87. The van der Waals surface area contributed by atoms with Crippen LogP contribution >= 0.6 is 0 Å². The summed E-state index contributed by atoms with van der Waals surface area (Å²) in [6.07, 6.45) is 3.95. The van der Waals surface area contributed by atoms with E-state index in [4.69, 9.17) is 14.2 Å². The standard InChI is InChI=1S/C42H42N8O6/c1-42(2)21-29-34(38(52)45-32(24-10-6-5-7-11-24)23-50-39(53)27-12-8-9-13-28(27)40(50)54)48-56-36(29)35-30(42)22-43-41(47-35)46-31-15-14-25(20-33(31)55-4)37(51)44-26-16-18-49(3)19-17-26/h5-15,20,22,26,32H,16-19,21,23H2,1-4H3,(H,44,51)(H,45,52)(H,43,46,47). The lowest BCUT2D eigenvalue weighted by atomic mass is 9.74. The number of anilines is 2. The molecule has 4 amide bonds. The Morgan fingerprint density at radius 2 is 1.66 bits per heavy atom. The van der Waals surface area contributed by atoms with Crippen LogP contribution in [0.1, 0.15) is 91.0 Å². The Kier molecular flexibility index (Phi) is 9.58. The number of hydrogen-bond acceptors (Lipinski definition) is 11. The number of piperidine rings is 1. The second kappa shape index (κ2) is 14.7. The largest absolute Gasteiger partial charge is 0.495 e. The van der Waals surface area contributed by atoms with Gasteiger partial charge in [-0.25, -0.2) is 9.97 Å². The molecule has 0 bridgehead atoms. The van der Waals surface area contributed by atoms with Gasteiger partial charge in [-0.15, -0.1) is 0 Å². The fourth-order valence-corrected chi connectivity index (χ4v) is 7.70. The Balaban J connectivity index is 1.03. The summed E-state index contributed by atoms with van der Waals surface area (Å²) in [5.74, 6) is -0.463. The second-order valence-electron chi connectivity index (χ2n) is 15.1. The minimum Gasteiger partial charge on any atom is -0.495 e. The number of aromatic nitrogens is 3. The Labute approximate surface area is 323 Å². The van der Waals surface area contributed by atoms with E-state index < -0.39 is 29.2 Å². The van der Waals surface area contributed by atoms with Gasteiger partial charge < -0.3 is 30.1 Å². The van der Waals surface area contributed by atoms with E-state index in [1.807, 2.05) is 44.2 Å². The van der Waals surface area contributed by atoms with Crippen molar-refractivity contribution >= 4 is 35.3 Å². The fourth-order valence-electron chi connectivity index (χ4n) is 7.70. The van der Waals surface area contributed by atoms with Crippen LogP contribution in [-0.4, -0.2) is 88.4 Å². The van der Waals surface area contributed by atoms with E-state index in [9.17, 15) is 19.2 Å². The molecule has 286 valence electrons. The molecule has 14 heteroatoms. The first kappa shape index (κ1) is 36.6. The Hall–Kier alpha value is -6.41. The molecule has 2 aliphatic heterocycles. The highest BCUT2D eigenvalue weighted by Crippen LogP contribution is 2.44. The van der Waals surface area contributed by atoms with Gasteiger partial charge in [0, 0.05) is 28.9 Å². The number of fused-ring (bicyclic) bond motifs is 4. The van der Waals surface area contributed by atoms with Crippen LogP contribution in [-0.2, 0) is 11.8 Å². The van der Waals surface area contributed by atoms with Crippen molar-refractivity contribution in [3.63, 3.8) is 0 Å². The third-order valence-corrected chi connectivity index (χ3v) is 10.9. The number of carbonyl (C=O) groups excluding carboxylic acids is 4. The van der Waals surface area contributed by atoms with E-state index in [2.05, 4.69) is 38.0 Å². The Morgan fingerprint density at radius 1 is 0.964 bits per heavy atom. The lowest BCUT2D eigenvalue weighted by molar-refractivity contribution is 0.0628. The van der Waals surface area contributed by atoms with Crippen molar-refractivity contribution in [3.05, 3.63) is 118 Å². The van der Waals surface area contributed by atoms with E-state index >= 15 is 0 Å². The highest BCUT2D eigenvalue weighted by molar-refractivity contribution is 6.21. The number of carbonyl (C=O) groups is 4. The van der Waals surface area contributed by atoms with Gasteiger partial charge in [-0.3, -0.25) is 24.1 Å². The molecule has 3 aromatic carbocycles. The van der Waals surface area contributed by atoms with Crippen LogP contribution in [0, 0.1) is 0 Å². The molecule has 1 aliphatic carbocycles. The van der Waals surface area contributed by atoms with Gasteiger partial charge in [-0.05, 0) is 80.7 Å². The van der Waals surface area contributed by atoms with Crippen LogP contribution < -0.4 is 20.7 Å². The number of imide groups is 1. The summed E-state index contributed by atoms with van der Waals surface area (Å²) < 4.78 is 11.5. The quantitative estimate of drug-likeness (QED) is 0.158. The van der Waals surface area contributed by atoms with Crippen LogP contribution in [0.15, 0.2) is 83.5 Å². The topological polar surface area (TPSA) is 172 Å². The third kappa shape index (κ3) is 6.87. The van der Waals surface area contributed by atoms with Gasteiger partial charge in [0.25, 0.3) is 23.6 Å². The molecule has 8 rings (SSSR count). The van der Waals surface area contributed by atoms with Crippen molar-refractivity contribution in [2.24, 2.45) is 0 Å². The number of likely N-dealkylation sites (tertiary alicyclic amines) is 1. The van der Waals surface area contributed by atoms with Crippen LogP contribution in [0.4, 0.5) is 11.6 Å². The maximum Gasteiger partial charge on any atom is 0.274 e. The molecular weight excluding hydrogens is 713 g/mol. The van der Waals surface area contributed by atoms with Crippen LogP contribution in [0.3, 0.4) is 0 Å². The first-order chi connectivity index (χ1) is 27.0. The minimum atomic E-state index is -0.734. The van der Waals surface area contributed by atoms with E-state index in [0.29, 0.717) is 57.1 Å². The summed E-state index contributed by atoms with van der Waals surface area (Å²) in [6, 6.07) is 20.4. The number of amides is 4. The van der Waals surface area contributed by atoms with Crippen molar-refractivity contribution in [2.45, 2.75) is 50.6 Å². The van der Waals surface area contributed by atoms with Crippen molar-refractivity contribution in [2.75, 3.05) is 39.1 Å². The highest BCUT2D eigenvalue weighted by atomic mass is 16.5. The molecule has 1 saturated heterocycles. The van der Waals surface area contributed by atoms with Gasteiger partial charge in [0.2, 0.25) is 5.95 Å². The molecule has 0 spiro atoms. The van der Waals surface area contributed by atoms with Crippen LogP contribution in [0.2, 0.25) is 0 Å².